The van der Waals surface area contributed by atoms with E-state index < -0.39 is 24.0 Å². The molecular formula is C15H14F2N2O4. The second kappa shape index (κ2) is 5.38. The molecule has 0 saturated heterocycles. The predicted molar refractivity (Wildman–Crippen MR) is 75.2 cm³/mol. The Morgan fingerprint density at radius 2 is 1.96 bits per heavy atom. The number of aliphatic hydroxyl groups is 1. The Kier molecular flexibility index (Phi) is 3.33. The van der Waals surface area contributed by atoms with Crippen LogP contribution in [0.4, 0.5) is 14.6 Å². The summed E-state index contributed by atoms with van der Waals surface area (Å²) in [5, 5.41) is 17.0. The first kappa shape index (κ1) is 14.3. The average Bonchev–Trinajstić information content (AvgIpc) is 3.26. The zero-order valence-corrected chi connectivity index (χ0v) is 12.0. The predicted octanol–water partition coefficient (Wildman–Crippen LogP) is 2.95. The lowest BCUT2D eigenvalue weighted by Gasteiger charge is -2.16. The number of anilines is 1. The van der Waals surface area contributed by atoms with E-state index in [-0.39, 0.29) is 28.4 Å². The number of benzene rings is 1. The molecule has 2 aliphatic rings. The maximum absolute atomic E-state index is 14.2. The van der Waals surface area contributed by atoms with Gasteiger partial charge in [0.25, 0.3) is 6.29 Å². The highest BCUT2D eigenvalue weighted by Crippen LogP contribution is 2.35. The van der Waals surface area contributed by atoms with Crippen LogP contribution in [0.15, 0.2) is 23.1 Å². The summed E-state index contributed by atoms with van der Waals surface area (Å²) >= 11 is 0. The van der Waals surface area contributed by atoms with Gasteiger partial charge in [0.05, 0.1) is 23.1 Å². The van der Waals surface area contributed by atoms with Crippen molar-refractivity contribution < 1.29 is 27.9 Å². The van der Waals surface area contributed by atoms with Crippen LogP contribution < -0.4 is 5.32 Å². The van der Waals surface area contributed by atoms with E-state index in [1.807, 2.05) is 0 Å². The van der Waals surface area contributed by atoms with E-state index in [0.29, 0.717) is 6.42 Å². The minimum absolute atomic E-state index is 0.0850. The fourth-order valence-corrected chi connectivity index (χ4v) is 2.98. The normalized spacial score (nSPS) is 24.1. The van der Waals surface area contributed by atoms with Gasteiger partial charge in [-0.2, -0.15) is 4.39 Å². The number of rotatable bonds is 3. The van der Waals surface area contributed by atoms with Crippen molar-refractivity contribution in [2.24, 2.45) is 0 Å². The molecular weight excluding hydrogens is 310 g/mol. The fourth-order valence-electron chi connectivity index (χ4n) is 2.98. The Morgan fingerprint density at radius 1 is 1.17 bits per heavy atom. The molecule has 0 bridgehead atoms. The lowest BCUT2D eigenvalue weighted by Crippen LogP contribution is -2.28. The average molecular weight is 324 g/mol. The van der Waals surface area contributed by atoms with E-state index in [2.05, 4.69) is 10.5 Å². The lowest BCUT2D eigenvalue weighted by atomic mass is 10.1. The smallest absolute Gasteiger partial charge is 0.269 e. The van der Waals surface area contributed by atoms with Crippen molar-refractivity contribution in [2.75, 3.05) is 5.32 Å². The summed E-state index contributed by atoms with van der Waals surface area (Å²) < 4.78 is 43.4. The molecule has 122 valence electrons. The van der Waals surface area contributed by atoms with Gasteiger partial charge in [-0.3, -0.25) is 0 Å². The van der Waals surface area contributed by atoms with Gasteiger partial charge >= 0.3 is 0 Å². The first-order chi connectivity index (χ1) is 11.1. The van der Waals surface area contributed by atoms with Crippen molar-refractivity contribution in [3.8, 4) is 0 Å². The third-order valence-corrected chi connectivity index (χ3v) is 4.19. The minimum atomic E-state index is -1.15. The molecule has 1 aromatic heterocycles. The molecule has 1 aromatic carbocycles. The van der Waals surface area contributed by atoms with Crippen molar-refractivity contribution >= 4 is 16.8 Å². The Morgan fingerprint density at radius 3 is 2.65 bits per heavy atom. The second-order valence-corrected chi connectivity index (χ2v) is 5.63. The first-order valence-corrected chi connectivity index (χ1v) is 7.33. The third kappa shape index (κ3) is 2.29. The third-order valence-electron chi connectivity index (χ3n) is 4.19. The summed E-state index contributed by atoms with van der Waals surface area (Å²) in [6.45, 7) is 0. The highest BCUT2D eigenvalue weighted by Gasteiger charge is 2.30. The largest absolute Gasteiger partial charge is 0.455 e. The van der Waals surface area contributed by atoms with Gasteiger partial charge in [-0.15, -0.1) is 0 Å². The van der Waals surface area contributed by atoms with Crippen LogP contribution >= 0.6 is 0 Å². The maximum Gasteiger partial charge on any atom is 0.269 e. The van der Waals surface area contributed by atoms with E-state index in [9.17, 15) is 13.9 Å². The molecule has 1 aliphatic carbocycles. The van der Waals surface area contributed by atoms with Crippen LogP contribution in [0, 0.1) is 11.6 Å². The molecule has 0 spiro atoms. The molecule has 0 radical (unpaired) electrons. The van der Waals surface area contributed by atoms with Crippen molar-refractivity contribution in [1.29, 1.82) is 0 Å². The van der Waals surface area contributed by atoms with Gasteiger partial charge in [-0.05, 0) is 25.3 Å². The molecule has 23 heavy (non-hydrogen) atoms. The van der Waals surface area contributed by atoms with Crippen LogP contribution in [0.2, 0.25) is 0 Å². The van der Waals surface area contributed by atoms with Gasteiger partial charge < -0.3 is 24.4 Å². The topological polar surface area (TPSA) is 76.8 Å². The Hall–Kier alpha value is -2.35. The van der Waals surface area contributed by atoms with Crippen LogP contribution in [0.3, 0.4) is 0 Å². The molecule has 4 rings (SSSR count). The Bertz CT molecular complexity index is 768. The highest BCUT2D eigenvalue weighted by molar-refractivity contribution is 5.89. The van der Waals surface area contributed by atoms with Crippen LogP contribution in [0.25, 0.3) is 11.0 Å². The minimum Gasteiger partial charge on any atom is -0.455 e. The van der Waals surface area contributed by atoms with Crippen LogP contribution in [-0.4, -0.2) is 22.4 Å². The zero-order valence-electron chi connectivity index (χ0n) is 12.0. The number of aromatic nitrogens is 1. The van der Waals surface area contributed by atoms with Gasteiger partial charge in [0.1, 0.15) is 12.5 Å². The van der Waals surface area contributed by atoms with Gasteiger partial charge in [0.15, 0.2) is 11.6 Å². The van der Waals surface area contributed by atoms with Gasteiger partial charge in [0, 0.05) is 0 Å². The summed E-state index contributed by atoms with van der Waals surface area (Å²) in [5.74, 6) is -1.99. The number of nitrogens with one attached hydrogen (secondary N) is 1. The molecule has 1 aliphatic heterocycles. The summed E-state index contributed by atoms with van der Waals surface area (Å²) in [6, 6.07) is 1.19. The number of hydrogen-bond donors (Lipinski definition) is 2. The molecule has 2 N–H and O–H groups in total. The number of halogens is 2. The molecule has 2 atom stereocenters. The number of aliphatic hydroxyl groups excluding tert-OH is 1. The van der Waals surface area contributed by atoms with Gasteiger partial charge in [-0.1, -0.05) is 5.16 Å². The summed E-state index contributed by atoms with van der Waals surface area (Å²) in [5.41, 5.74) is -0.370. The molecule has 0 amide bonds. The van der Waals surface area contributed by atoms with E-state index in [1.54, 1.807) is 0 Å². The quantitative estimate of drug-likeness (QED) is 0.904. The van der Waals surface area contributed by atoms with Crippen LogP contribution in [0.5, 0.6) is 0 Å². The van der Waals surface area contributed by atoms with Crippen LogP contribution in [-0.2, 0) is 9.47 Å². The molecule has 2 aromatic rings. The maximum atomic E-state index is 14.2. The van der Waals surface area contributed by atoms with E-state index >= 15 is 0 Å². The molecule has 1 fully saturated rings. The monoisotopic (exact) mass is 324 g/mol. The van der Waals surface area contributed by atoms with Crippen LogP contribution in [0.1, 0.15) is 31.1 Å². The van der Waals surface area contributed by atoms with Crippen molar-refractivity contribution in [1.82, 2.24) is 5.16 Å². The fraction of sp³-hybridized carbons (Fsp3) is 0.400. The molecule has 8 heteroatoms. The van der Waals surface area contributed by atoms with E-state index in [4.69, 9.17) is 14.0 Å². The van der Waals surface area contributed by atoms with E-state index in [1.165, 1.54) is 18.6 Å². The highest BCUT2D eigenvalue weighted by atomic mass is 19.2. The number of hydrogen-bond acceptors (Lipinski definition) is 6. The standard InChI is InChI=1S/C15H14F2N2O4/c16-11-7(15-21-4-5-22-15)6-8-13(12(11)17)23-19-14(8)18-9-2-1-3-10(9)20/h4-6,9-10,15,20H,1-3H2,(H,18,19)/t9-,10-/m0/s1. The number of fused-ring (bicyclic) bond motifs is 1. The summed E-state index contributed by atoms with van der Waals surface area (Å²) in [7, 11) is 0. The zero-order chi connectivity index (χ0) is 16.0. The Balaban J connectivity index is 1.74. The first-order valence-electron chi connectivity index (χ1n) is 7.33. The van der Waals surface area contributed by atoms with Crippen molar-refractivity contribution in [3.63, 3.8) is 0 Å². The molecule has 1 saturated carbocycles. The molecule has 6 nitrogen and oxygen atoms in total. The van der Waals surface area contributed by atoms with Crippen molar-refractivity contribution in [2.45, 2.75) is 37.7 Å². The Labute approximate surface area is 129 Å². The second-order valence-electron chi connectivity index (χ2n) is 5.63. The van der Waals surface area contributed by atoms with E-state index in [0.717, 1.165) is 12.8 Å². The number of nitrogens with zero attached hydrogens (tertiary/aromatic N) is 1. The number of ether oxygens (including phenoxy) is 2. The summed E-state index contributed by atoms with van der Waals surface area (Å²) in [6.07, 6.45) is 3.31. The molecule has 0 unspecified atom stereocenters. The lowest BCUT2D eigenvalue weighted by molar-refractivity contribution is -0.0274. The van der Waals surface area contributed by atoms with Crippen molar-refractivity contribution in [3.05, 3.63) is 35.8 Å². The summed E-state index contributed by atoms with van der Waals surface area (Å²) in [4.78, 5) is 0. The van der Waals surface area contributed by atoms with Gasteiger partial charge in [0.2, 0.25) is 11.4 Å². The SMILES string of the molecule is O[C@H]1CCC[C@@H]1Nc1noc2c(F)c(F)c(C3OC=CO3)cc12. The molecule has 2 heterocycles. The van der Waals surface area contributed by atoms with Gasteiger partial charge in [-0.25, -0.2) is 4.39 Å².